The molecular formula is C18H9Cl6N3. The van der Waals surface area contributed by atoms with Crippen molar-refractivity contribution < 1.29 is 0 Å². The van der Waals surface area contributed by atoms with Crippen LogP contribution >= 0.6 is 69.6 Å². The summed E-state index contributed by atoms with van der Waals surface area (Å²) in [6.07, 6.45) is 3.20. The largest absolute Gasteiger partial charge is 0.353 e. The van der Waals surface area contributed by atoms with Crippen LogP contribution in [0.2, 0.25) is 30.1 Å². The molecule has 138 valence electrons. The molecular weight excluding hydrogens is 471 g/mol. The van der Waals surface area contributed by atoms with Crippen molar-refractivity contribution in [1.29, 1.82) is 0 Å². The first-order valence-electron chi connectivity index (χ1n) is 7.39. The second-order valence-corrected chi connectivity index (χ2v) is 7.82. The van der Waals surface area contributed by atoms with Crippen molar-refractivity contribution in [2.75, 3.05) is 0 Å². The van der Waals surface area contributed by atoms with Gasteiger partial charge in [-0.1, -0.05) is 69.6 Å². The number of nitrogens with one attached hydrogen (secondary N) is 1. The third-order valence-corrected chi connectivity index (χ3v) is 4.95. The summed E-state index contributed by atoms with van der Waals surface area (Å²) >= 11 is 36.2. The second kappa shape index (κ2) is 8.87. The highest BCUT2D eigenvalue weighted by molar-refractivity contribution is 6.42. The number of halogens is 6. The lowest BCUT2D eigenvalue weighted by Crippen LogP contribution is -1.85. The summed E-state index contributed by atoms with van der Waals surface area (Å²) in [5.41, 5.74) is 2.33. The van der Waals surface area contributed by atoms with Crippen molar-refractivity contribution in [2.45, 2.75) is 0 Å². The minimum absolute atomic E-state index is 0.365. The Morgan fingerprint density at radius 3 is 1.26 bits per heavy atom. The summed E-state index contributed by atoms with van der Waals surface area (Å²) in [6.45, 7) is 0. The SMILES string of the molecule is Clc1cc(Cl)c(N=Cc2ccc(C=Nc3c(Cl)cc(Cl)cc3Cl)[nH]2)c(Cl)c1. The highest BCUT2D eigenvalue weighted by atomic mass is 35.5. The summed E-state index contributed by atoms with van der Waals surface area (Å²) in [6, 6.07) is 9.96. The average Bonchev–Trinajstić information content (AvgIpc) is 3.00. The number of rotatable bonds is 4. The normalized spacial score (nSPS) is 11.8. The highest BCUT2D eigenvalue weighted by Gasteiger charge is 2.07. The minimum atomic E-state index is 0.365. The van der Waals surface area contributed by atoms with Crippen molar-refractivity contribution in [3.05, 3.63) is 77.9 Å². The molecule has 0 aliphatic rings. The van der Waals surface area contributed by atoms with Gasteiger partial charge in [-0.2, -0.15) is 0 Å². The van der Waals surface area contributed by atoms with Gasteiger partial charge in [0.05, 0.1) is 43.9 Å². The number of hydrogen-bond donors (Lipinski definition) is 1. The molecule has 3 rings (SSSR count). The molecule has 9 heteroatoms. The zero-order valence-electron chi connectivity index (χ0n) is 13.3. The van der Waals surface area contributed by atoms with Crippen LogP contribution in [0.1, 0.15) is 11.4 Å². The lowest BCUT2D eigenvalue weighted by atomic mass is 10.3. The van der Waals surface area contributed by atoms with Gasteiger partial charge in [0.2, 0.25) is 0 Å². The summed E-state index contributed by atoms with van der Waals surface area (Å²) in [7, 11) is 0. The topological polar surface area (TPSA) is 40.5 Å². The van der Waals surface area contributed by atoms with Crippen LogP contribution in [0.5, 0.6) is 0 Å². The van der Waals surface area contributed by atoms with Gasteiger partial charge in [-0.05, 0) is 36.4 Å². The van der Waals surface area contributed by atoms with Gasteiger partial charge in [-0.25, -0.2) is 0 Å². The Kier molecular flexibility index (Phi) is 6.74. The third kappa shape index (κ3) is 5.20. The molecule has 0 fully saturated rings. The van der Waals surface area contributed by atoms with E-state index in [2.05, 4.69) is 15.0 Å². The fraction of sp³-hybridized carbons (Fsp3) is 0. The van der Waals surface area contributed by atoms with E-state index in [0.717, 1.165) is 11.4 Å². The van der Waals surface area contributed by atoms with E-state index in [1.807, 2.05) is 12.1 Å². The summed E-state index contributed by atoms with van der Waals surface area (Å²) in [4.78, 5) is 11.7. The number of aliphatic imine (C=N–C) groups is 2. The molecule has 0 radical (unpaired) electrons. The number of aromatic amines is 1. The molecule has 1 N–H and O–H groups in total. The standard InChI is InChI=1S/C18H9Cl6N3/c19-9-3-13(21)17(14(22)4-9)25-7-11-1-2-12(27-11)8-26-18-15(23)5-10(20)6-16(18)24/h1-8,27H. The maximum atomic E-state index is 6.12. The molecule has 3 aromatic rings. The molecule has 1 heterocycles. The van der Waals surface area contributed by atoms with Crippen LogP contribution in [0.4, 0.5) is 11.4 Å². The van der Waals surface area contributed by atoms with Gasteiger partial charge in [-0.15, -0.1) is 0 Å². The Labute approximate surface area is 185 Å². The van der Waals surface area contributed by atoms with Crippen LogP contribution in [-0.2, 0) is 0 Å². The van der Waals surface area contributed by atoms with Gasteiger partial charge in [0.15, 0.2) is 0 Å². The third-order valence-electron chi connectivity index (χ3n) is 3.36. The molecule has 1 aromatic heterocycles. The zero-order valence-corrected chi connectivity index (χ0v) is 17.8. The van der Waals surface area contributed by atoms with E-state index in [1.54, 1.807) is 36.7 Å². The number of H-pyrrole nitrogens is 1. The first-order chi connectivity index (χ1) is 12.8. The second-order valence-electron chi connectivity index (χ2n) is 5.32. The van der Waals surface area contributed by atoms with E-state index in [0.29, 0.717) is 41.5 Å². The smallest absolute Gasteiger partial charge is 0.100 e. The fourth-order valence-corrected chi connectivity index (χ4v) is 3.99. The van der Waals surface area contributed by atoms with E-state index in [4.69, 9.17) is 69.6 Å². The predicted molar refractivity (Wildman–Crippen MR) is 118 cm³/mol. The Hall–Kier alpha value is -1.20. The maximum absolute atomic E-state index is 6.12. The quantitative estimate of drug-likeness (QED) is 0.365. The number of aromatic nitrogens is 1. The van der Waals surface area contributed by atoms with Crippen molar-refractivity contribution in [3.8, 4) is 0 Å². The van der Waals surface area contributed by atoms with E-state index < -0.39 is 0 Å². The van der Waals surface area contributed by atoms with E-state index in [-0.39, 0.29) is 0 Å². The number of hydrogen-bond acceptors (Lipinski definition) is 2. The van der Waals surface area contributed by atoms with Crippen LogP contribution in [0.25, 0.3) is 0 Å². The van der Waals surface area contributed by atoms with Crippen molar-refractivity contribution in [2.24, 2.45) is 9.98 Å². The molecule has 27 heavy (non-hydrogen) atoms. The molecule has 0 bridgehead atoms. The maximum Gasteiger partial charge on any atom is 0.100 e. The number of nitrogens with zero attached hydrogens (tertiary/aromatic N) is 2. The van der Waals surface area contributed by atoms with Crippen molar-refractivity contribution >= 4 is 93.4 Å². The van der Waals surface area contributed by atoms with E-state index >= 15 is 0 Å². The van der Waals surface area contributed by atoms with Crippen LogP contribution in [0.3, 0.4) is 0 Å². The summed E-state index contributed by atoms with van der Waals surface area (Å²) in [5, 5.41) is 2.35. The highest BCUT2D eigenvalue weighted by Crippen LogP contribution is 2.36. The van der Waals surface area contributed by atoms with Crippen LogP contribution in [0, 0.1) is 0 Å². The lowest BCUT2D eigenvalue weighted by Gasteiger charge is -2.02. The Balaban J connectivity index is 1.80. The molecule has 0 aliphatic heterocycles. The van der Waals surface area contributed by atoms with Gasteiger partial charge in [-0.3, -0.25) is 9.98 Å². The monoisotopic (exact) mass is 477 g/mol. The van der Waals surface area contributed by atoms with E-state index in [1.165, 1.54) is 0 Å². The Morgan fingerprint density at radius 1 is 0.593 bits per heavy atom. The van der Waals surface area contributed by atoms with Gasteiger partial charge in [0, 0.05) is 10.0 Å². The molecule has 0 unspecified atom stereocenters. The van der Waals surface area contributed by atoms with Gasteiger partial charge >= 0.3 is 0 Å². The molecule has 0 saturated heterocycles. The molecule has 3 nitrogen and oxygen atoms in total. The predicted octanol–water partition coefficient (Wildman–Crippen LogP) is 8.44. The first-order valence-corrected chi connectivity index (χ1v) is 9.66. The molecule has 0 spiro atoms. The lowest BCUT2D eigenvalue weighted by molar-refractivity contribution is 1.35. The van der Waals surface area contributed by atoms with E-state index in [9.17, 15) is 0 Å². The van der Waals surface area contributed by atoms with Crippen molar-refractivity contribution in [1.82, 2.24) is 4.98 Å². The first kappa shape index (κ1) is 20.5. The molecule has 2 aromatic carbocycles. The van der Waals surface area contributed by atoms with Gasteiger partial charge in [0.1, 0.15) is 11.4 Å². The number of benzene rings is 2. The molecule has 0 amide bonds. The average molecular weight is 480 g/mol. The van der Waals surface area contributed by atoms with Gasteiger partial charge in [0.25, 0.3) is 0 Å². The molecule has 0 saturated carbocycles. The molecule has 0 atom stereocenters. The van der Waals surface area contributed by atoms with Gasteiger partial charge < -0.3 is 4.98 Å². The summed E-state index contributed by atoms with van der Waals surface area (Å²) < 4.78 is 0. The van der Waals surface area contributed by atoms with Crippen LogP contribution in [0.15, 0.2) is 46.4 Å². The molecule has 0 aliphatic carbocycles. The fourth-order valence-electron chi connectivity index (χ4n) is 2.16. The van der Waals surface area contributed by atoms with Crippen LogP contribution in [-0.4, -0.2) is 17.4 Å². The van der Waals surface area contributed by atoms with Crippen LogP contribution < -0.4 is 0 Å². The Bertz CT molecular complexity index is 927. The summed E-state index contributed by atoms with van der Waals surface area (Å²) in [5.74, 6) is 0. The zero-order chi connectivity index (χ0) is 19.6. The van der Waals surface area contributed by atoms with Crippen molar-refractivity contribution in [3.63, 3.8) is 0 Å². The minimum Gasteiger partial charge on any atom is -0.353 e. The Morgan fingerprint density at radius 2 is 0.926 bits per heavy atom.